The van der Waals surface area contributed by atoms with Crippen molar-refractivity contribution >= 4 is 0 Å². The second kappa shape index (κ2) is 5.96. The van der Waals surface area contributed by atoms with Crippen LogP contribution in [-0.2, 0) is 6.61 Å². The van der Waals surface area contributed by atoms with Crippen LogP contribution in [0.5, 0.6) is 17.2 Å². The summed E-state index contributed by atoms with van der Waals surface area (Å²) in [5.74, 6) is 2.24. The van der Waals surface area contributed by atoms with Crippen molar-refractivity contribution < 1.29 is 14.2 Å². The van der Waals surface area contributed by atoms with Gasteiger partial charge in [0.15, 0.2) is 0 Å². The van der Waals surface area contributed by atoms with Gasteiger partial charge in [-0.25, -0.2) is 0 Å². The summed E-state index contributed by atoms with van der Waals surface area (Å²) in [4.78, 5) is 0. The molecule has 0 saturated carbocycles. The molecule has 93 valence electrons. The molecule has 18 heavy (non-hydrogen) atoms. The molecule has 0 N–H and O–H groups in total. The first kappa shape index (κ1) is 12.3. The predicted molar refractivity (Wildman–Crippen MR) is 69.2 cm³/mol. The van der Waals surface area contributed by atoms with Gasteiger partial charge in [-0.3, -0.25) is 0 Å². The van der Waals surface area contributed by atoms with E-state index in [9.17, 15) is 0 Å². The van der Waals surface area contributed by atoms with Crippen molar-refractivity contribution in [1.29, 1.82) is 0 Å². The number of benzene rings is 2. The normalized spacial score (nSPS) is 9.89. The summed E-state index contributed by atoms with van der Waals surface area (Å²) in [6.45, 7) is 0.438. The van der Waals surface area contributed by atoms with Crippen molar-refractivity contribution in [3.63, 3.8) is 0 Å². The number of hydrogen-bond acceptors (Lipinski definition) is 3. The number of methoxy groups -OCH3 is 2. The lowest BCUT2D eigenvalue weighted by atomic mass is 10.2. The SMILES string of the molecule is COc1ccc(COc2[c]cccc2)c(OC)c1. The van der Waals surface area contributed by atoms with Crippen LogP contribution in [0.15, 0.2) is 42.5 Å². The Labute approximate surface area is 107 Å². The first-order valence-electron chi connectivity index (χ1n) is 5.64. The van der Waals surface area contributed by atoms with E-state index in [0.29, 0.717) is 6.61 Å². The number of ether oxygens (including phenoxy) is 3. The molecule has 0 amide bonds. The third-order valence-corrected chi connectivity index (χ3v) is 2.56. The largest absolute Gasteiger partial charge is 0.497 e. The highest BCUT2D eigenvalue weighted by molar-refractivity contribution is 5.40. The molecule has 0 heterocycles. The lowest BCUT2D eigenvalue weighted by molar-refractivity contribution is 0.295. The summed E-state index contributed by atoms with van der Waals surface area (Å²) in [6, 6.07) is 16.2. The molecule has 2 rings (SSSR count). The van der Waals surface area contributed by atoms with E-state index in [4.69, 9.17) is 14.2 Å². The van der Waals surface area contributed by atoms with E-state index in [0.717, 1.165) is 22.8 Å². The molecule has 0 fully saturated rings. The fourth-order valence-electron chi connectivity index (χ4n) is 1.59. The van der Waals surface area contributed by atoms with Crippen LogP contribution in [0.25, 0.3) is 0 Å². The monoisotopic (exact) mass is 243 g/mol. The van der Waals surface area contributed by atoms with E-state index in [2.05, 4.69) is 6.07 Å². The van der Waals surface area contributed by atoms with E-state index in [1.165, 1.54) is 0 Å². The van der Waals surface area contributed by atoms with Gasteiger partial charge in [0.1, 0.15) is 23.9 Å². The molecule has 0 bridgehead atoms. The molecule has 0 aromatic heterocycles. The molecule has 0 aliphatic heterocycles. The average molecular weight is 243 g/mol. The summed E-state index contributed by atoms with van der Waals surface area (Å²) < 4.78 is 16.1. The third-order valence-electron chi connectivity index (χ3n) is 2.56. The summed E-state index contributed by atoms with van der Waals surface area (Å²) in [7, 11) is 3.26. The van der Waals surface area contributed by atoms with Crippen molar-refractivity contribution in [3.05, 3.63) is 54.1 Å². The Balaban J connectivity index is 2.09. The minimum Gasteiger partial charge on any atom is -0.497 e. The van der Waals surface area contributed by atoms with Crippen LogP contribution in [0.1, 0.15) is 5.56 Å². The quantitative estimate of drug-likeness (QED) is 0.807. The third kappa shape index (κ3) is 2.94. The number of rotatable bonds is 5. The zero-order valence-electron chi connectivity index (χ0n) is 10.5. The molecule has 2 aromatic rings. The highest BCUT2D eigenvalue weighted by Gasteiger charge is 2.05. The molecule has 0 saturated heterocycles. The van der Waals surface area contributed by atoms with Crippen LogP contribution in [0.3, 0.4) is 0 Å². The Hall–Kier alpha value is -2.16. The van der Waals surface area contributed by atoms with E-state index in [1.807, 2.05) is 42.5 Å². The maximum Gasteiger partial charge on any atom is 0.129 e. The molecule has 2 aromatic carbocycles. The first-order chi connectivity index (χ1) is 8.83. The lowest BCUT2D eigenvalue weighted by Crippen LogP contribution is -1.99. The maximum absolute atomic E-state index is 5.63. The zero-order valence-corrected chi connectivity index (χ0v) is 10.5. The van der Waals surface area contributed by atoms with Crippen LogP contribution >= 0.6 is 0 Å². The first-order valence-corrected chi connectivity index (χ1v) is 5.64. The van der Waals surface area contributed by atoms with Gasteiger partial charge in [-0.15, -0.1) is 0 Å². The fraction of sp³-hybridized carbons (Fsp3) is 0.200. The van der Waals surface area contributed by atoms with Gasteiger partial charge in [-0.05, 0) is 18.2 Å². The average Bonchev–Trinajstić information content (AvgIpc) is 2.46. The maximum atomic E-state index is 5.63. The van der Waals surface area contributed by atoms with Gasteiger partial charge in [0.2, 0.25) is 0 Å². The second-order valence-electron chi connectivity index (χ2n) is 3.69. The van der Waals surface area contributed by atoms with Crippen molar-refractivity contribution in [2.24, 2.45) is 0 Å². The summed E-state index contributed by atoms with van der Waals surface area (Å²) in [5, 5.41) is 0. The van der Waals surface area contributed by atoms with Gasteiger partial charge >= 0.3 is 0 Å². The lowest BCUT2D eigenvalue weighted by Gasteiger charge is -2.11. The van der Waals surface area contributed by atoms with E-state index in [-0.39, 0.29) is 0 Å². The summed E-state index contributed by atoms with van der Waals surface area (Å²) >= 11 is 0. The van der Waals surface area contributed by atoms with Crippen LogP contribution in [0.2, 0.25) is 0 Å². The molecule has 0 spiro atoms. The highest BCUT2D eigenvalue weighted by Crippen LogP contribution is 2.25. The molecular weight excluding hydrogens is 228 g/mol. The van der Waals surface area contributed by atoms with Crippen LogP contribution in [0.4, 0.5) is 0 Å². The van der Waals surface area contributed by atoms with Crippen LogP contribution < -0.4 is 14.2 Å². The smallest absolute Gasteiger partial charge is 0.129 e. The van der Waals surface area contributed by atoms with E-state index >= 15 is 0 Å². The molecule has 0 unspecified atom stereocenters. The molecule has 1 radical (unpaired) electrons. The van der Waals surface area contributed by atoms with E-state index < -0.39 is 0 Å². The molecular formula is C15H15O3. The minimum atomic E-state index is 0.438. The Bertz CT molecular complexity index is 494. The molecule has 3 nitrogen and oxygen atoms in total. The molecule has 0 atom stereocenters. The van der Waals surface area contributed by atoms with Crippen molar-refractivity contribution in [3.8, 4) is 17.2 Å². The van der Waals surface area contributed by atoms with Gasteiger partial charge in [0, 0.05) is 17.7 Å². The Kier molecular flexibility index (Phi) is 4.07. The van der Waals surface area contributed by atoms with Crippen LogP contribution in [-0.4, -0.2) is 14.2 Å². The minimum absolute atomic E-state index is 0.438. The number of para-hydroxylation sites is 1. The molecule has 0 aliphatic carbocycles. The van der Waals surface area contributed by atoms with Crippen molar-refractivity contribution in [2.75, 3.05) is 14.2 Å². The van der Waals surface area contributed by atoms with Gasteiger partial charge < -0.3 is 14.2 Å². The van der Waals surface area contributed by atoms with Crippen LogP contribution in [0, 0.1) is 6.07 Å². The van der Waals surface area contributed by atoms with Crippen molar-refractivity contribution in [2.45, 2.75) is 6.61 Å². The predicted octanol–water partition coefficient (Wildman–Crippen LogP) is 3.08. The fourth-order valence-corrected chi connectivity index (χ4v) is 1.59. The Morgan fingerprint density at radius 3 is 2.61 bits per heavy atom. The second-order valence-corrected chi connectivity index (χ2v) is 3.69. The van der Waals surface area contributed by atoms with Gasteiger partial charge in [-0.2, -0.15) is 0 Å². The standard InChI is InChI=1S/C15H15O3/c1-16-14-9-8-12(15(10-14)17-2)11-18-13-6-4-3-5-7-13/h3-6,8-10H,11H2,1-2H3. The van der Waals surface area contributed by atoms with Gasteiger partial charge in [-0.1, -0.05) is 18.2 Å². The summed E-state index contributed by atoms with van der Waals surface area (Å²) in [5.41, 5.74) is 0.968. The van der Waals surface area contributed by atoms with Gasteiger partial charge in [0.05, 0.1) is 14.2 Å². The van der Waals surface area contributed by atoms with Crippen molar-refractivity contribution in [1.82, 2.24) is 0 Å². The van der Waals surface area contributed by atoms with E-state index in [1.54, 1.807) is 14.2 Å². The zero-order chi connectivity index (χ0) is 12.8. The number of hydrogen-bond donors (Lipinski definition) is 0. The Morgan fingerprint density at radius 2 is 1.94 bits per heavy atom. The Morgan fingerprint density at radius 1 is 1.06 bits per heavy atom. The van der Waals surface area contributed by atoms with Gasteiger partial charge in [0.25, 0.3) is 0 Å². The summed E-state index contributed by atoms with van der Waals surface area (Å²) in [6.07, 6.45) is 0. The highest BCUT2D eigenvalue weighted by atomic mass is 16.5. The molecule has 0 aliphatic rings. The topological polar surface area (TPSA) is 27.7 Å². The molecule has 3 heteroatoms.